The fourth-order valence-corrected chi connectivity index (χ4v) is 2.40. The number of benzene rings is 1. The highest BCUT2D eigenvalue weighted by atomic mass is 19.1. The third kappa shape index (κ3) is 2.78. The molecule has 1 heterocycles. The van der Waals surface area contributed by atoms with Crippen LogP contribution in [0.5, 0.6) is 5.75 Å². The zero-order chi connectivity index (χ0) is 14.7. The number of phenolic OH excluding ortho intramolecular Hbond substituents is 1. The molecule has 0 unspecified atom stereocenters. The zero-order valence-electron chi connectivity index (χ0n) is 10.9. The lowest BCUT2D eigenvalue weighted by Crippen LogP contribution is -2.44. The number of aromatic hydroxyl groups is 1. The second-order valence-electron chi connectivity index (χ2n) is 4.59. The number of rotatable bonds is 4. The Hall–Kier alpha value is -1.99. The molecule has 0 bridgehead atoms. The predicted octanol–water partition coefficient (Wildman–Crippen LogP) is 1.57. The van der Waals surface area contributed by atoms with E-state index in [1.54, 1.807) is 6.08 Å². The Morgan fingerprint density at radius 2 is 2.15 bits per heavy atom. The van der Waals surface area contributed by atoms with Crippen LogP contribution in [0, 0.1) is 15.9 Å². The van der Waals surface area contributed by atoms with Gasteiger partial charge in [0.25, 0.3) is 0 Å². The minimum atomic E-state index is -0.792. The molecule has 0 radical (unpaired) electrons. The van der Waals surface area contributed by atoms with Gasteiger partial charge in [-0.2, -0.15) is 0 Å². The summed E-state index contributed by atoms with van der Waals surface area (Å²) in [5.74, 6) is -1.24. The van der Waals surface area contributed by atoms with Crippen LogP contribution >= 0.6 is 0 Å². The van der Waals surface area contributed by atoms with Gasteiger partial charge in [-0.15, -0.1) is 6.58 Å². The average molecular weight is 281 g/mol. The van der Waals surface area contributed by atoms with Gasteiger partial charge in [0.05, 0.1) is 17.0 Å². The molecular formula is C13H16FN3O3. The number of nitrogens with one attached hydrogen (secondary N) is 1. The number of phenols is 1. The van der Waals surface area contributed by atoms with Crippen LogP contribution in [0.1, 0.15) is 11.6 Å². The van der Waals surface area contributed by atoms with Gasteiger partial charge in [0, 0.05) is 31.7 Å². The first-order valence-electron chi connectivity index (χ1n) is 6.28. The number of nitrogens with zero attached hydrogens (tertiary/aromatic N) is 2. The van der Waals surface area contributed by atoms with Gasteiger partial charge in [-0.1, -0.05) is 6.08 Å². The van der Waals surface area contributed by atoms with Gasteiger partial charge >= 0.3 is 5.69 Å². The Bertz CT molecular complexity index is 530. The van der Waals surface area contributed by atoms with Gasteiger partial charge < -0.3 is 10.4 Å². The first-order chi connectivity index (χ1) is 9.54. The lowest BCUT2D eigenvalue weighted by Gasteiger charge is -2.33. The van der Waals surface area contributed by atoms with Gasteiger partial charge in [0.1, 0.15) is 5.82 Å². The Kier molecular flexibility index (Phi) is 4.31. The lowest BCUT2D eigenvalue weighted by atomic mass is 10.0. The van der Waals surface area contributed by atoms with Crippen molar-refractivity contribution in [3.63, 3.8) is 0 Å². The summed E-state index contributed by atoms with van der Waals surface area (Å²) in [6.07, 6.45) is 1.56. The van der Waals surface area contributed by atoms with Crippen molar-refractivity contribution in [2.45, 2.75) is 6.04 Å². The fraction of sp³-hybridized carbons (Fsp3) is 0.385. The number of piperazine rings is 1. The summed E-state index contributed by atoms with van der Waals surface area (Å²) >= 11 is 0. The number of halogens is 1. The standard InChI is InChI=1S/C13H16FN3O3/c1-2-11(16-5-3-15-4-6-16)10-7-9(14)8-12(13(10)18)17(19)20/h2,7-8,11,15,18H,1,3-6H2/t11-/m1/s1. The summed E-state index contributed by atoms with van der Waals surface area (Å²) in [5.41, 5.74) is -0.449. The van der Waals surface area contributed by atoms with Crippen molar-refractivity contribution >= 4 is 5.69 Å². The summed E-state index contributed by atoms with van der Waals surface area (Å²) in [6.45, 7) is 6.61. The van der Waals surface area contributed by atoms with Crippen molar-refractivity contribution in [3.05, 3.63) is 46.3 Å². The van der Waals surface area contributed by atoms with Crippen LogP contribution in [0.25, 0.3) is 0 Å². The van der Waals surface area contributed by atoms with E-state index in [1.165, 1.54) is 0 Å². The molecule has 1 fully saturated rings. The molecule has 1 aliphatic heterocycles. The van der Waals surface area contributed by atoms with E-state index in [0.717, 1.165) is 25.2 Å². The van der Waals surface area contributed by atoms with Crippen molar-refractivity contribution in [1.82, 2.24) is 10.2 Å². The molecule has 0 aliphatic carbocycles. The van der Waals surface area contributed by atoms with Crippen LogP contribution in [0.4, 0.5) is 10.1 Å². The number of nitro groups is 1. The van der Waals surface area contributed by atoms with Gasteiger partial charge in [-0.25, -0.2) is 4.39 Å². The van der Waals surface area contributed by atoms with Crippen LogP contribution in [0.2, 0.25) is 0 Å². The Morgan fingerprint density at radius 3 is 2.70 bits per heavy atom. The molecule has 1 aromatic carbocycles. The maximum atomic E-state index is 13.6. The molecule has 0 saturated carbocycles. The average Bonchev–Trinajstić information content (AvgIpc) is 2.44. The number of hydrogen-bond donors (Lipinski definition) is 2. The largest absolute Gasteiger partial charge is 0.502 e. The lowest BCUT2D eigenvalue weighted by molar-refractivity contribution is -0.386. The molecule has 2 rings (SSSR count). The van der Waals surface area contributed by atoms with E-state index >= 15 is 0 Å². The van der Waals surface area contributed by atoms with E-state index in [1.807, 2.05) is 4.90 Å². The summed E-state index contributed by atoms with van der Waals surface area (Å²) in [5, 5.41) is 24.0. The monoisotopic (exact) mass is 281 g/mol. The molecule has 108 valence electrons. The number of nitro benzene ring substituents is 1. The Morgan fingerprint density at radius 1 is 1.50 bits per heavy atom. The van der Waals surface area contributed by atoms with Crippen LogP contribution in [-0.4, -0.2) is 41.1 Å². The van der Waals surface area contributed by atoms with E-state index in [4.69, 9.17) is 0 Å². The van der Waals surface area contributed by atoms with E-state index in [-0.39, 0.29) is 5.56 Å². The molecule has 1 saturated heterocycles. The molecule has 6 nitrogen and oxygen atoms in total. The summed E-state index contributed by atoms with van der Waals surface area (Å²) in [6, 6.07) is 1.39. The van der Waals surface area contributed by atoms with Crippen molar-refractivity contribution < 1.29 is 14.4 Å². The van der Waals surface area contributed by atoms with E-state index in [0.29, 0.717) is 13.1 Å². The van der Waals surface area contributed by atoms with E-state index < -0.39 is 28.2 Å². The van der Waals surface area contributed by atoms with Crippen LogP contribution < -0.4 is 5.32 Å². The molecular weight excluding hydrogens is 265 g/mol. The molecule has 1 aromatic rings. The van der Waals surface area contributed by atoms with Crippen molar-refractivity contribution in [3.8, 4) is 5.75 Å². The molecule has 0 spiro atoms. The van der Waals surface area contributed by atoms with Crippen molar-refractivity contribution in [2.75, 3.05) is 26.2 Å². The van der Waals surface area contributed by atoms with Gasteiger partial charge in [0.2, 0.25) is 0 Å². The summed E-state index contributed by atoms with van der Waals surface area (Å²) in [4.78, 5) is 12.0. The van der Waals surface area contributed by atoms with E-state index in [2.05, 4.69) is 11.9 Å². The minimum absolute atomic E-state index is 0.175. The van der Waals surface area contributed by atoms with Crippen LogP contribution in [0.15, 0.2) is 24.8 Å². The molecule has 1 atom stereocenters. The van der Waals surface area contributed by atoms with E-state index in [9.17, 15) is 19.6 Å². The normalized spacial score (nSPS) is 17.6. The molecule has 20 heavy (non-hydrogen) atoms. The first-order valence-corrected chi connectivity index (χ1v) is 6.28. The van der Waals surface area contributed by atoms with Gasteiger partial charge in [-0.3, -0.25) is 15.0 Å². The smallest absolute Gasteiger partial charge is 0.313 e. The third-order valence-corrected chi connectivity index (χ3v) is 3.37. The Labute approximate surface area is 115 Å². The predicted molar refractivity (Wildman–Crippen MR) is 72.1 cm³/mol. The molecule has 0 amide bonds. The highest BCUT2D eigenvalue weighted by Crippen LogP contribution is 2.37. The summed E-state index contributed by atoms with van der Waals surface area (Å²) < 4.78 is 13.6. The molecule has 0 aromatic heterocycles. The first kappa shape index (κ1) is 14.4. The van der Waals surface area contributed by atoms with Gasteiger partial charge in [-0.05, 0) is 6.07 Å². The fourth-order valence-electron chi connectivity index (χ4n) is 2.40. The molecule has 1 aliphatic rings. The molecule has 2 N–H and O–H groups in total. The minimum Gasteiger partial charge on any atom is -0.502 e. The maximum absolute atomic E-state index is 13.6. The van der Waals surface area contributed by atoms with Crippen molar-refractivity contribution in [2.24, 2.45) is 0 Å². The highest BCUT2D eigenvalue weighted by molar-refractivity contribution is 5.53. The SMILES string of the molecule is C=C[C@H](c1cc(F)cc([N+](=O)[O-])c1O)N1CCNCC1. The second kappa shape index (κ2) is 5.98. The van der Waals surface area contributed by atoms with Gasteiger partial charge in [0.15, 0.2) is 5.75 Å². The van der Waals surface area contributed by atoms with Crippen molar-refractivity contribution in [1.29, 1.82) is 0 Å². The second-order valence-corrected chi connectivity index (χ2v) is 4.59. The van der Waals surface area contributed by atoms with Crippen LogP contribution in [0.3, 0.4) is 0 Å². The summed E-state index contributed by atoms with van der Waals surface area (Å²) in [7, 11) is 0. The quantitative estimate of drug-likeness (QED) is 0.497. The number of hydrogen-bond acceptors (Lipinski definition) is 5. The molecule has 7 heteroatoms. The zero-order valence-corrected chi connectivity index (χ0v) is 10.9. The third-order valence-electron chi connectivity index (χ3n) is 3.37. The Balaban J connectivity index is 2.43. The van der Waals surface area contributed by atoms with Crippen LogP contribution in [-0.2, 0) is 0 Å². The highest BCUT2D eigenvalue weighted by Gasteiger charge is 2.27. The topological polar surface area (TPSA) is 78.6 Å². The maximum Gasteiger partial charge on any atom is 0.313 e.